The number of ether oxygens (including phenoxy) is 3. The Bertz CT molecular complexity index is 2050. The molecule has 15 nitrogen and oxygen atoms in total. The molecule has 2 heterocycles. The number of rotatable bonds is 16. The number of fused-ring (bicyclic) bond motifs is 1. The summed E-state index contributed by atoms with van der Waals surface area (Å²) in [6.07, 6.45) is 8.55. The van der Waals surface area contributed by atoms with Gasteiger partial charge in [0.1, 0.15) is 40.9 Å². The maximum absolute atomic E-state index is 14.6. The van der Waals surface area contributed by atoms with Gasteiger partial charge in [-0.3, -0.25) is 23.9 Å². The topological polar surface area (TPSA) is 199 Å². The molecule has 3 N–H and O–H groups in total. The number of amides is 4. The lowest BCUT2D eigenvalue weighted by Crippen LogP contribution is -2.58. The Morgan fingerprint density at radius 2 is 1.84 bits per heavy atom. The Labute approximate surface area is 333 Å². The molecule has 3 aliphatic carbocycles. The van der Waals surface area contributed by atoms with E-state index in [1.165, 1.54) is 16.5 Å². The normalized spacial score (nSPS) is 23.6. The number of nitrogens with zero attached hydrogens (tertiary/aromatic N) is 2. The molecule has 2 aromatic rings. The summed E-state index contributed by atoms with van der Waals surface area (Å²) in [5.41, 5.74) is -1.25. The van der Waals surface area contributed by atoms with E-state index in [1.54, 1.807) is 52.3 Å². The Balaban J connectivity index is 1.27. The number of aromatic nitrogens is 1. The van der Waals surface area contributed by atoms with E-state index in [9.17, 15) is 32.4 Å². The number of allylic oxidation sites excluding steroid dienone is 2. The molecule has 4 amide bonds. The number of carbonyl (C=O) groups is 5. The fourth-order valence-electron chi connectivity index (χ4n) is 7.51. The van der Waals surface area contributed by atoms with Crippen molar-refractivity contribution in [2.24, 2.45) is 5.92 Å². The molecule has 0 unspecified atom stereocenters. The maximum atomic E-state index is 14.6. The predicted molar refractivity (Wildman–Crippen MR) is 211 cm³/mol. The lowest BCUT2D eigenvalue weighted by atomic mass is 10.0. The molecule has 1 saturated heterocycles. The molecule has 1 aromatic carbocycles. The summed E-state index contributed by atoms with van der Waals surface area (Å²) in [4.78, 5) is 74.4. The van der Waals surface area contributed by atoms with Gasteiger partial charge in [-0.15, -0.1) is 6.58 Å². The fraction of sp³-hybridized carbons (Fsp3) is 0.561. The Morgan fingerprint density at radius 3 is 2.49 bits per heavy atom. The van der Waals surface area contributed by atoms with Crippen molar-refractivity contribution >= 4 is 50.4 Å². The van der Waals surface area contributed by atoms with Crippen molar-refractivity contribution < 1.29 is 46.6 Å². The maximum Gasteiger partial charge on any atom is 0.408 e. The summed E-state index contributed by atoms with van der Waals surface area (Å²) < 4.78 is 44.9. The number of hydrogen-bond donors (Lipinski definition) is 3. The average molecular weight is 808 g/mol. The number of carbonyl (C=O) groups excluding carboxylic acids is 5. The van der Waals surface area contributed by atoms with Crippen LogP contribution in [0.1, 0.15) is 91.4 Å². The highest BCUT2D eigenvalue weighted by Crippen LogP contribution is 2.45. The molecule has 16 heteroatoms. The Hall–Kier alpha value is -4.99. The number of Topliss-reactive ketones (excluding diaryl/α,β-unsaturated/α-hetero) is 1. The van der Waals surface area contributed by atoms with Gasteiger partial charge in [-0.25, -0.2) is 18.2 Å². The van der Waals surface area contributed by atoms with Crippen LogP contribution in [0.25, 0.3) is 10.8 Å². The molecule has 308 valence electrons. The number of methoxy groups -OCH3 is 1. The van der Waals surface area contributed by atoms with Crippen molar-refractivity contribution in [3.63, 3.8) is 0 Å². The van der Waals surface area contributed by atoms with E-state index in [0.717, 1.165) is 31.1 Å². The monoisotopic (exact) mass is 807 g/mol. The van der Waals surface area contributed by atoms with E-state index in [1.807, 2.05) is 12.1 Å². The first-order valence-corrected chi connectivity index (χ1v) is 21.2. The van der Waals surface area contributed by atoms with E-state index < -0.39 is 74.3 Å². The van der Waals surface area contributed by atoms with Crippen LogP contribution in [0.15, 0.2) is 54.8 Å². The SMILES string of the molecule is C=C[C@@H]1C[C@]1(NC(=O)[C@@H]1C[C@@H](Oc2nccc3cc(OC)ccc23)CN1C(=O)[C@H](CCC(=O)CC=C1CCCC1)NC(=O)OC(C)(C)C)C(=O)NS(=O)(=O)C1CC1. The highest BCUT2D eigenvalue weighted by Gasteiger charge is 2.62. The number of benzene rings is 1. The third-order valence-corrected chi connectivity index (χ3v) is 12.7. The smallest absolute Gasteiger partial charge is 0.408 e. The van der Waals surface area contributed by atoms with Crippen LogP contribution in [0.4, 0.5) is 4.79 Å². The molecular formula is C41H53N5O10S. The highest BCUT2D eigenvalue weighted by atomic mass is 32.2. The van der Waals surface area contributed by atoms with E-state index >= 15 is 0 Å². The number of nitrogens with one attached hydrogen (secondary N) is 3. The summed E-state index contributed by atoms with van der Waals surface area (Å²) in [7, 11) is -2.37. The number of hydrogen-bond acceptors (Lipinski definition) is 11. The summed E-state index contributed by atoms with van der Waals surface area (Å²) in [5, 5.41) is 6.19. The second kappa shape index (κ2) is 16.9. The van der Waals surface area contributed by atoms with Gasteiger partial charge >= 0.3 is 6.09 Å². The van der Waals surface area contributed by atoms with Gasteiger partial charge in [-0.2, -0.15) is 0 Å². The third kappa shape index (κ3) is 10.1. The van der Waals surface area contributed by atoms with Crippen molar-refractivity contribution in [2.75, 3.05) is 13.7 Å². The van der Waals surface area contributed by atoms with Gasteiger partial charge in [0, 0.05) is 36.8 Å². The van der Waals surface area contributed by atoms with Crippen molar-refractivity contribution in [3.8, 4) is 11.6 Å². The largest absolute Gasteiger partial charge is 0.497 e. The molecule has 0 radical (unpaired) electrons. The molecular weight excluding hydrogens is 755 g/mol. The quantitative estimate of drug-likeness (QED) is 0.203. The predicted octanol–water partition coefficient (Wildman–Crippen LogP) is 4.39. The van der Waals surface area contributed by atoms with Gasteiger partial charge in [0.2, 0.25) is 27.7 Å². The Morgan fingerprint density at radius 1 is 1.11 bits per heavy atom. The first-order valence-electron chi connectivity index (χ1n) is 19.6. The zero-order chi connectivity index (χ0) is 41.1. The average Bonchev–Trinajstić information content (AvgIpc) is 4.04. The second-order valence-electron chi connectivity index (χ2n) is 16.4. The fourth-order valence-corrected chi connectivity index (χ4v) is 8.87. The molecule has 4 fully saturated rings. The van der Waals surface area contributed by atoms with Crippen LogP contribution < -0.4 is 24.8 Å². The molecule has 1 aromatic heterocycles. The lowest BCUT2D eigenvalue weighted by Gasteiger charge is -2.30. The van der Waals surface area contributed by atoms with Crippen molar-refractivity contribution in [2.45, 2.75) is 126 Å². The molecule has 0 spiro atoms. The number of ketones is 1. The van der Waals surface area contributed by atoms with Crippen molar-refractivity contribution in [1.29, 1.82) is 0 Å². The van der Waals surface area contributed by atoms with E-state index in [0.29, 0.717) is 24.0 Å². The number of sulfonamides is 1. The van der Waals surface area contributed by atoms with Crippen LogP contribution >= 0.6 is 0 Å². The van der Waals surface area contributed by atoms with E-state index in [2.05, 4.69) is 26.9 Å². The van der Waals surface area contributed by atoms with Crippen LogP contribution in [-0.4, -0.2) is 96.1 Å². The van der Waals surface area contributed by atoms with Crippen LogP contribution in [0, 0.1) is 5.92 Å². The number of alkyl carbamates (subject to hydrolysis) is 1. The van der Waals surface area contributed by atoms with Crippen LogP contribution in [0.3, 0.4) is 0 Å². The standard InChI is InChI=1S/C41H53N5O10S/c1-6-27-23-41(27,38(50)45-57(52,53)31-15-16-31)44-35(48)34-22-30(55-36-32-17-14-29(54-5)21-26(32)19-20-42-36)24-46(34)37(49)33(43-39(51)56-40(2,3)4)18-13-28(47)12-11-25-9-7-8-10-25/h6,11,14,17,19-21,27,30-31,33-34H,1,7-10,12-13,15-16,18,22-24H2,2-5H3,(H,43,51)(H,44,48)(H,45,50)/t27-,30-,33+,34+,41-/m1/s1. The summed E-state index contributed by atoms with van der Waals surface area (Å²) in [6.45, 7) is 8.70. The van der Waals surface area contributed by atoms with Gasteiger partial charge < -0.3 is 29.7 Å². The van der Waals surface area contributed by atoms with Gasteiger partial charge in [-0.1, -0.05) is 17.7 Å². The molecule has 4 aliphatic rings. The summed E-state index contributed by atoms with van der Waals surface area (Å²) in [5.74, 6) is -2.02. The molecule has 0 bridgehead atoms. The third-order valence-electron chi connectivity index (χ3n) is 10.9. The zero-order valence-corrected chi connectivity index (χ0v) is 33.8. The van der Waals surface area contributed by atoms with Crippen molar-refractivity contribution in [1.82, 2.24) is 25.2 Å². The van der Waals surface area contributed by atoms with Crippen molar-refractivity contribution in [3.05, 3.63) is 54.8 Å². The molecule has 3 saturated carbocycles. The molecule has 57 heavy (non-hydrogen) atoms. The van der Waals surface area contributed by atoms with Gasteiger partial charge in [0.15, 0.2) is 0 Å². The van der Waals surface area contributed by atoms with E-state index in [-0.39, 0.29) is 50.3 Å². The van der Waals surface area contributed by atoms with Gasteiger partial charge in [-0.05, 0) is 102 Å². The summed E-state index contributed by atoms with van der Waals surface area (Å²) >= 11 is 0. The summed E-state index contributed by atoms with van der Waals surface area (Å²) in [6, 6.07) is 4.68. The van der Waals surface area contributed by atoms with E-state index in [4.69, 9.17) is 14.2 Å². The number of pyridine rings is 1. The van der Waals surface area contributed by atoms with Crippen LogP contribution in [0.2, 0.25) is 0 Å². The minimum absolute atomic E-state index is 0.0240. The first-order chi connectivity index (χ1) is 27.0. The zero-order valence-electron chi connectivity index (χ0n) is 33.0. The molecule has 5 atom stereocenters. The van der Waals surface area contributed by atoms with Crippen LogP contribution in [0.5, 0.6) is 11.6 Å². The number of likely N-dealkylation sites (tertiary alicyclic amines) is 1. The first kappa shape index (κ1) is 41.6. The van der Waals surface area contributed by atoms with Gasteiger partial charge in [0.05, 0.1) is 18.9 Å². The van der Waals surface area contributed by atoms with Crippen LogP contribution in [-0.2, 0) is 33.9 Å². The molecule has 1 aliphatic heterocycles. The lowest BCUT2D eigenvalue weighted by molar-refractivity contribution is -0.141. The minimum atomic E-state index is -3.93. The Kier molecular flexibility index (Phi) is 12.3. The van der Waals surface area contributed by atoms with Gasteiger partial charge in [0.25, 0.3) is 5.91 Å². The second-order valence-corrected chi connectivity index (χ2v) is 18.4. The molecule has 6 rings (SSSR count). The highest BCUT2D eigenvalue weighted by molar-refractivity contribution is 7.91. The minimum Gasteiger partial charge on any atom is -0.497 e.